The molecule has 0 aliphatic carbocycles. The first-order chi connectivity index (χ1) is 8.71. The zero-order valence-corrected chi connectivity index (χ0v) is 11.8. The summed E-state index contributed by atoms with van der Waals surface area (Å²) in [6.45, 7) is 7.71. The van der Waals surface area contributed by atoms with E-state index >= 15 is 0 Å². The summed E-state index contributed by atoms with van der Waals surface area (Å²) in [7, 11) is 0. The number of pyridine rings is 1. The molecule has 6 nitrogen and oxygen atoms in total. The Labute approximate surface area is 113 Å². The van der Waals surface area contributed by atoms with Crippen LogP contribution in [0.4, 0.5) is 11.5 Å². The highest BCUT2D eigenvalue weighted by Crippen LogP contribution is 2.24. The lowest BCUT2D eigenvalue weighted by molar-refractivity contribution is -0.384. The number of hydrogen-bond acceptors (Lipinski definition) is 5. The third-order valence-corrected chi connectivity index (χ3v) is 2.69. The largest absolute Gasteiger partial charge is 0.388 e. The second-order valence-corrected chi connectivity index (χ2v) is 5.59. The molecule has 0 saturated heterocycles. The highest BCUT2D eigenvalue weighted by atomic mass is 16.6. The fourth-order valence-corrected chi connectivity index (χ4v) is 2.05. The van der Waals surface area contributed by atoms with E-state index in [1.807, 2.05) is 13.8 Å². The molecule has 106 valence electrons. The van der Waals surface area contributed by atoms with Gasteiger partial charge in [0.25, 0.3) is 0 Å². The van der Waals surface area contributed by atoms with Crippen LogP contribution in [0.3, 0.4) is 0 Å². The average molecular weight is 267 g/mol. The monoisotopic (exact) mass is 267 g/mol. The Balaban J connectivity index is 2.80. The lowest BCUT2D eigenvalue weighted by Crippen LogP contribution is -2.35. The lowest BCUT2D eigenvalue weighted by atomic mass is 9.94. The zero-order valence-electron chi connectivity index (χ0n) is 11.8. The maximum atomic E-state index is 10.9. The molecular weight excluding hydrogens is 246 g/mol. The summed E-state index contributed by atoms with van der Waals surface area (Å²) in [6.07, 6.45) is 2.17. The molecule has 1 aromatic rings. The van der Waals surface area contributed by atoms with Crippen molar-refractivity contribution in [3.05, 3.63) is 27.9 Å². The van der Waals surface area contributed by atoms with Crippen molar-refractivity contribution in [3.63, 3.8) is 0 Å². The topological polar surface area (TPSA) is 88.3 Å². The van der Waals surface area contributed by atoms with Crippen LogP contribution in [-0.4, -0.2) is 27.2 Å². The van der Waals surface area contributed by atoms with E-state index in [0.717, 1.165) is 5.56 Å². The predicted molar refractivity (Wildman–Crippen MR) is 74.2 cm³/mol. The van der Waals surface area contributed by atoms with Crippen LogP contribution in [0.5, 0.6) is 0 Å². The molecule has 0 bridgehead atoms. The van der Waals surface area contributed by atoms with Crippen LogP contribution in [0, 0.1) is 23.0 Å². The van der Waals surface area contributed by atoms with Gasteiger partial charge in [0.2, 0.25) is 5.82 Å². The van der Waals surface area contributed by atoms with E-state index in [2.05, 4.69) is 10.3 Å². The van der Waals surface area contributed by atoms with Crippen LogP contribution in [0.25, 0.3) is 0 Å². The van der Waals surface area contributed by atoms with Gasteiger partial charge in [-0.2, -0.15) is 0 Å². The van der Waals surface area contributed by atoms with Crippen molar-refractivity contribution >= 4 is 11.5 Å². The van der Waals surface area contributed by atoms with Crippen molar-refractivity contribution in [3.8, 4) is 0 Å². The molecule has 19 heavy (non-hydrogen) atoms. The summed E-state index contributed by atoms with van der Waals surface area (Å²) < 4.78 is 0. The van der Waals surface area contributed by atoms with Gasteiger partial charge in [0, 0.05) is 18.8 Å². The standard InChI is InChI=1S/C13H21N3O3/c1-9(2)6-13(4,17)8-15-12-11(16(18)19)5-10(3)7-14-12/h5,7,9,17H,6,8H2,1-4H3,(H,14,15). The van der Waals surface area contributed by atoms with Gasteiger partial charge in [-0.1, -0.05) is 13.8 Å². The first kappa shape index (κ1) is 15.4. The summed E-state index contributed by atoms with van der Waals surface area (Å²) in [5.41, 5.74) is -0.263. The Bertz CT molecular complexity index is 458. The number of hydrogen-bond donors (Lipinski definition) is 2. The Kier molecular flexibility index (Phi) is 4.83. The van der Waals surface area contributed by atoms with E-state index < -0.39 is 10.5 Å². The molecule has 1 rings (SSSR count). The number of nitrogens with zero attached hydrogens (tertiary/aromatic N) is 2. The molecule has 2 N–H and O–H groups in total. The van der Waals surface area contributed by atoms with Crippen LogP contribution >= 0.6 is 0 Å². The fourth-order valence-electron chi connectivity index (χ4n) is 2.05. The molecule has 0 amide bonds. The average Bonchev–Trinajstić information content (AvgIpc) is 2.25. The zero-order chi connectivity index (χ0) is 14.6. The first-order valence-corrected chi connectivity index (χ1v) is 6.28. The van der Waals surface area contributed by atoms with Crippen LogP contribution < -0.4 is 5.32 Å². The summed E-state index contributed by atoms with van der Waals surface area (Å²) in [4.78, 5) is 14.5. The van der Waals surface area contributed by atoms with Gasteiger partial charge >= 0.3 is 5.69 Å². The maximum absolute atomic E-state index is 10.9. The van der Waals surface area contributed by atoms with Gasteiger partial charge in [-0.25, -0.2) is 4.98 Å². The van der Waals surface area contributed by atoms with E-state index in [-0.39, 0.29) is 18.1 Å². The highest BCUT2D eigenvalue weighted by molar-refractivity contribution is 5.56. The first-order valence-electron chi connectivity index (χ1n) is 6.28. The van der Waals surface area contributed by atoms with Crippen molar-refractivity contribution in [1.82, 2.24) is 4.98 Å². The third-order valence-electron chi connectivity index (χ3n) is 2.69. The smallest absolute Gasteiger partial charge is 0.311 e. The molecule has 0 aliphatic heterocycles. The summed E-state index contributed by atoms with van der Waals surface area (Å²) in [6, 6.07) is 1.46. The molecule has 0 saturated carbocycles. The third kappa shape index (κ3) is 4.82. The molecule has 6 heteroatoms. The van der Waals surface area contributed by atoms with E-state index in [1.54, 1.807) is 20.0 Å². The fraction of sp³-hybridized carbons (Fsp3) is 0.615. The van der Waals surface area contributed by atoms with Crippen LogP contribution in [-0.2, 0) is 0 Å². The van der Waals surface area contributed by atoms with Crippen LogP contribution in [0.2, 0.25) is 0 Å². The van der Waals surface area contributed by atoms with Gasteiger partial charge in [0.15, 0.2) is 0 Å². The minimum absolute atomic E-state index is 0.0691. The SMILES string of the molecule is Cc1cnc(NCC(C)(O)CC(C)C)c([N+](=O)[O-])c1. The number of nitro groups is 1. The molecular formula is C13H21N3O3. The number of rotatable bonds is 6. The molecule has 0 spiro atoms. The summed E-state index contributed by atoms with van der Waals surface area (Å²) in [5.74, 6) is 0.539. The van der Waals surface area contributed by atoms with Gasteiger partial charge < -0.3 is 10.4 Å². The highest BCUT2D eigenvalue weighted by Gasteiger charge is 2.24. The van der Waals surface area contributed by atoms with Gasteiger partial charge in [0.1, 0.15) is 0 Å². The Morgan fingerprint density at radius 1 is 1.58 bits per heavy atom. The van der Waals surface area contributed by atoms with E-state index in [4.69, 9.17) is 0 Å². The van der Waals surface area contributed by atoms with Gasteiger partial charge in [0.05, 0.1) is 10.5 Å². The number of aliphatic hydroxyl groups is 1. The molecule has 0 aromatic carbocycles. The molecule has 0 fully saturated rings. The van der Waals surface area contributed by atoms with Crippen LogP contribution in [0.15, 0.2) is 12.3 Å². The number of aryl methyl sites for hydroxylation is 1. The second-order valence-electron chi connectivity index (χ2n) is 5.59. The van der Waals surface area contributed by atoms with Gasteiger partial charge in [-0.3, -0.25) is 10.1 Å². The number of anilines is 1. The number of nitrogens with one attached hydrogen (secondary N) is 1. The summed E-state index contributed by atoms with van der Waals surface area (Å²) in [5, 5.41) is 24.0. The molecule has 1 aromatic heterocycles. The lowest BCUT2D eigenvalue weighted by Gasteiger charge is -2.25. The van der Waals surface area contributed by atoms with Crippen molar-refractivity contribution in [2.75, 3.05) is 11.9 Å². The molecule has 1 heterocycles. The Hall–Kier alpha value is -1.69. The van der Waals surface area contributed by atoms with Crippen LogP contribution in [0.1, 0.15) is 32.8 Å². The molecule has 0 aliphatic rings. The van der Waals surface area contributed by atoms with Crippen molar-refractivity contribution in [2.45, 2.75) is 39.7 Å². The number of aromatic nitrogens is 1. The van der Waals surface area contributed by atoms with Gasteiger partial charge in [-0.05, 0) is 31.7 Å². The normalized spacial score (nSPS) is 14.2. The molecule has 1 atom stereocenters. The second kappa shape index (κ2) is 5.97. The van der Waals surface area contributed by atoms with E-state index in [0.29, 0.717) is 12.3 Å². The Morgan fingerprint density at radius 3 is 2.74 bits per heavy atom. The van der Waals surface area contributed by atoms with Crippen molar-refractivity contribution in [1.29, 1.82) is 0 Å². The quantitative estimate of drug-likeness (QED) is 0.610. The minimum atomic E-state index is -0.922. The minimum Gasteiger partial charge on any atom is -0.388 e. The van der Waals surface area contributed by atoms with Crippen molar-refractivity contribution in [2.24, 2.45) is 5.92 Å². The molecule has 1 unspecified atom stereocenters. The maximum Gasteiger partial charge on any atom is 0.311 e. The predicted octanol–water partition coefficient (Wildman–Crippen LogP) is 2.51. The Morgan fingerprint density at radius 2 is 2.21 bits per heavy atom. The van der Waals surface area contributed by atoms with Gasteiger partial charge in [-0.15, -0.1) is 0 Å². The molecule has 0 radical (unpaired) electrons. The van der Waals surface area contributed by atoms with Crippen molar-refractivity contribution < 1.29 is 10.0 Å². The van der Waals surface area contributed by atoms with E-state index in [9.17, 15) is 15.2 Å². The summed E-state index contributed by atoms with van der Waals surface area (Å²) >= 11 is 0. The van der Waals surface area contributed by atoms with E-state index in [1.165, 1.54) is 6.07 Å².